The molecule has 0 N–H and O–H groups in total. The van der Waals surface area contributed by atoms with Gasteiger partial charge in [0.25, 0.3) is 0 Å². The van der Waals surface area contributed by atoms with Gasteiger partial charge in [-0.2, -0.15) is 0 Å². The Bertz CT molecular complexity index is 1460. The molecule has 0 aromatic rings. The second-order valence-electron chi connectivity index (χ2n) is 14.2. The van der Waals surface area contributed by atoms with Crippen molar-refractivity contribution in [1.29, 1.82) is 0 Å². The average Bonchev–Trinajstić information content (AvgIpc) is 3.06. The van der Waals surface area contributed by atoms with Gasteiger partial charge in [-0.05, 0) is 89.8 Å². The molecule has 2 radical (unpaired) electrons. The van der Waals surface area contributed by atoms with E-state index in [9.17, 15) is 20.8 Å². The summed E-state index contributed by atoms with van der Waals surface area (Å²) >= 11 is 0. The van der Waals surface area contributed by atoms with Crippen LogP contribution in [0.25, 0.3) is 0 Å². The monoisotopic (exact) mass is 542 g/mol. The van der Waals surface area contributed by atoms with Gasteiger partial charge in [0.15, 0.2) is 11.1 Å². The van der Waals surface area contributed by atoms with Gasteiger partial charge in [-0.3, -0.25) is 9.48 Å². The van der Waals surface area contributed by atoms with Crippen LogP contribution in [-0.4, -0.2) is 53.4 Å². The number of nitrogens with zero attached hydrogens (tertiary/aromatic N) is 4. The molecule has 0 spiro atoms. The standard InChI is InChI=1S/C32H38N4O4/c1-27(2)28(3,4)34(38)25(33(27)37)21-15-13-19-11-12-20-14-16-22(24-18-17-23(21)31(19,9)32(20,24)10)26-35(39)29(5,6)30(7,8)36(26)40/h11-18H,1-10H3/t31-,32-/m1/s1. The van der Waals surface area contributed by atoms with Gasteiger partial charge in [0.05, 0.1) is 11.1 Å². The van der Waals surface area contributed by atoms with Crippen LogP contribution in [0.5, 0.6) is 0 Å². The molecule has 8 heteroatoms. The largest absolute Gasteiger partial charge is 0.714 e. The number of amidine groups is 2. The molecule has 0 amide bonds. The molecule has 8 nitrogen and oxygen atoms in total. The molecule has 0 unspecified atom stereocenters. The molecule has 2 atom stereocenters. The summed E-state index contributed by atoms with van der Waals surface area (Å²) in [5.41, 5.74) is -0.0912. The summed E-state index contributed by atoms with van der Waals surface area (Å²) < 4.78 is 1.72. The summed E-state index contributed by atoms with van der Waals surface area (Å²) in [7, 11) is 0. The molecule has 0 aromatic carbocycles. The molecular weight excluding hydrogens is 504 g/mol. The van der Waals surface area contributed by atoms with Crippen LogP contribution in [0.1, 0.15) is 69.2 Å². The van der Waals surface area contributed by atoms with E-state index < -0.39 is 33.0 Å². The van der Waals surface area contributed by atoms with E-state index in [-0.39, 0.29) is 11.7 Å². The van der Waals surface area contributed by atoms with Gasteiger partial charge in [0, 0.05) is 21.2 Å². The van der Waals surface area contributed by atoms with E-state index in [4.69, 9.17) is 0 Å². The third-order valence-electron chi connectivity index (χ3n) is 11.8. The molecule has 2 heterocycles. The molecule has 0 saturated carbocycles. The van der Waals surface area contributed by atoms with E-state index in [0.29, 0.717) is 11.1 Å². The number of hydroxylamine groups is 6. The van der Waals surface area contributed by atoms with Crippen molar-refractivity contribution >= 4 is 11.7 Å². The van der Waals surface area contributed by atoms with Crippen LogP contribution in [0.15, 0.2) is 82.0 Å². The Morgan fingerprint density at radius 3 is 1.15 bits per heavy atom. The summed E-state index contributed by atoms with van der Waals surface area (Å²) in [5.74, 6) is 0.213. The second kappa shape index (κ2) is 7.28. The molecule has 210 valence electrons. The number of rotatable bonds is 2. The summed E-state index contributed by atoms with van der Waals surface area (Å²) in [6, 6.07) is 0. The minimum atomic E-state index is -0.942. The highest BCUT2D eigenvalue weighted by Crippen LogP contribution is 2.67. The zero-order valence-electron chi connectivity index (χ0n) is 25.0. The van der Waals surface area contributed by atoms with E-state index in [1.165, 1.54) is 0 Å². The van der Waals surface area contributed by atoms with Gasteiger partial charge in [-0.1, -0.05) is 60.4 Å². The Balaban J connectivity index is 1.60. The lowest BCUT2D eigenvalue weighted by atomic mass is 9.45. The lowest BCUT2D eigenvalue weighted by Gasteiger charge is -2.57. The van der Waals surface area contributed by atoms with E-state index in [1.807, 2.05) is 36.5 Å². The maximum Gasteiger partial charge on any atom is 0.317 e. The van der Waals surface area contributed by atoms with E-state index in [2.05, 4.69) is 26.0 Å². The highest BCUT2D eigenvalue weighted by molar-refractivity contribution is 6.04. The molecule has 6 aliphatic rings. The lowest BCUT2D eigenvalue weighted by Crippen LogP contribution is -2.54. The maximum atomic E-state index is 13.7. The summed E-state index contributed by atoms with van der Waals surface area (Å²) in [6.45, 7) is 18.7. The summed E-state index contributed by atoms with van der Waals surface area (Å²) in [5, 5.41) is 56.5. The zero-order chi connectivity index (χ0) is 29.6. The maximum absolute atomic E-state index is 13.7. The Morgan fingerprint density at radius 1 is 0.550 bits per heavy atom. The molecule has 0 fully saturated rings. The predicted octanol–water partition coefficient (Wildman–Crippen LogP) is 5.42. The fraction of sp³-hybridized carbons (Fsp3) is 0.500. The van der Waals surface area contributed by atoms with Crippen molar-refractivity contribution in [3.8, 4) is 0 Å². The third-order valence-corrected chi connectivity index (χ3v) is 11.8. The topological polar surface area (TPSA) is 98.4 Å². The van der Waals surface area contributed by atoms with Crippen molar-refractivity contribution in [3.05, 3.63) is 92.5 Å². The third kappa shape index (κ3) is 2.56. The molecule has 0 aromatic heterocycles. The van der Waals surface area contributed by atoms with Crippen molar-refractivity contribution in [2.75, 3.05) is 0 Å². The Labute approximate surface area is 236 Å². The predicted molar refractivity (Wildman–Crippen MR) is 152 cm³/mol. The Hall–Kier alpha value is -3.36. The smallest absolute Gasteiger partial charge is 0.317 e. The van der Waals surface area contributed by atoms with Crippen molar-refractivity contribution < 1.29 is 19.9 Å². The van der Waals surface area contributed by atoms with Gasteiger partial charge in [0.1, 0.15) is 11.1 Å². The van der Waals surface area contributed by atoms with Crippen molar-refractivity contribution in [1.82, 2.24) is 10.1 Å². The highest BCUT2D eigenvalue weighted by Gasteiger charge is 2.66. The first-order valence-corrected chi connectivity index (χ1v) is 13.9. The Kier molecular flexibility index (Phi) is 4.89. The number of hydrogen-bond acceptors (Lipinski definition) is 4. The number of hydrogen-bond donors (Lipinski definition) is 0. The molecule has 2 aliphatic heterocycles. The Morgan fingerprint density at radius 2 is 0.875 bits per heavy atom. The summed E-state index contributed by atoms with van der Waals surface area (Å²) in [4.78, 5) is 0. The first kappa shape index (κ1) is 26.8. The van der Waals surface area contributed by atoms with E-state index in [1.54, 1.807) is 55.4 Å². The number of allylic oxidation sites excluding steroid dienone is 10. The van der Waals surface area contributed by atoms with E-state index in [0.717, 1.165) is 41.9 Å². The van der Waals surface area contributed by atoms with Gasteiger partial charge < -0.3 is 10.4 Å². The van der Waals surface area contributed by atoms with Crippen molar-refractivity contribution in [3.63, 3.8) is 0 Å². The normalized spacial score (nSPS) is 34.2. The molecule has 40 heavy (non-hydrogen) atoms. The fourth-order valence-corrected chi connectivity index (χ4v) is 7.17. The van der Waals surface area contributed by atoms with E-state index >= 15 is 0 Å². The first-order valence-electron chi connectivity index (χ1n) is 13.9. The van der Waals surface area contributed by atoms with Crippen LogP contribution < -0.4 is 0 Å². The van der Waals surface area contributed by atoms with Crippen LogP contribution in [0.4, 0.5) is 0 Å². The van der Waals surface area contributed by atoms with Crippen molar-refractivity contribution in [2.24, 2.45) is 10.8 Å². The first-order chi connectivity index (χ1) is 18.3. The fourth-order valence-electron chi connectivity index (χ4n) is 7.17. The molecular formula is C32H38N4O4. The van der Waals surface area contributed by atoms with Crippen LogP contribution in [0, 0.1) is 21.2 Å². The summed E-state index contributed by atoms with van der Waals surface area (Å²) in [6.07, 6.45) is 15.8. The molecule has 0 saturated heterocycles. The van der Waals surface area contributed by atoms with Gasteiger partial charge >= 0.3 is 11.7 Å². The zero-order valence-corrected chi connectivity index (χ0v) is 25.0. The van der Waals surface area contributed by atoms with Gasteiger partial charge in [0.2, 0.25) is 0 Å². The van der Waals surface area contributed by atoms with Gasteiger partial charge in [-0.25, -0.2) is 0 Å². The molecule has 0 bridgehead atoms. The average molecular weight is 543 g/mol. The van der Waals surface area contributed by atoms with Crippen molar-refractivity contribution in [2.45, 2.75) is 91.4 Å². The SMILES string of the molecule is CC1(C)N([O])C(C2=CC=C3C=CC4=CC=C(C5=[N+]([O-])C(C)(C)C(C)(C)N5[O])C5=CC=C2[C@]3(C)[C@]45C)=[N+]([O-])C1(C)C. The lowest BCUT2D eigenvalue weighted by molar-refractivity contribution is -0.540. The highest BCUT2D eigenvalue weighted by atomic mass is 16.5. The van der Waals surface area contributed by atoms with Crippen LogP contribution >= 0.6 is 0 Å². The quantitative estimate of drug-likeness (QED) is 0.344. The molecule has 6 rings (SSSR count). The molecule has 4 aliphatic carbocycles. The minimum absolute atomic E-state index is 0.106. The van der Waals surface area contributed by atoms with Gasteiger partial charge in [-0.15, -0.1) is 0 Å². The minimum Gasteiger partial charge on any atom is -0.714 e. The van der Waals surface area contributed by atoms with Crippen LogP contribution in [0.2, 0.25) is 0 Å². The second-order valence-corrected chi connectivity index (χ2v) is 14.2. The van der Waals surface area contributed by atoms with Crippen LogP contribution in [0.3, 0.4) is 0 Å². The van der Waals surface area contributed by atoms with Crippen LogP contribution in [-0.2, 0) is 10.4 Å².